The summed E-state index contributed by atoms with van der Waals surface area (Å²) < 4.78 is 29.9. The van der Waals surface area contributed by atoms with Crippen molar-refractivity contribution in [2.24, 2.45) is 0 Å². The van der Waals surface area contributed by atoms with E-state index in [9.17, 15) is 8.60 Å². The van der Waals surface area contributed by atoms with E-state index in [-0.39, 0.29) is 10.6 Å². The summed E-state index contributed by atoms with van der Waals surface area (Å²) >= 11 is 3.15. The van der Waals surface area contributed by atoms with E-state index in [1.807, 2.05) is 20.8 Å². The Balaban J connectivity index is 2.23. The molecule has 2 heterocycles. The van der Waals surface area contributed by atoms with E-state index in [1.54, 1.807) is 16.8 Å². The third kappa shape index (κ3) is 3.21. The number of rotatable bonds is 3. The molecule has 2 rings (SSSR count). The van der Waals surface area contributed by atoms with Gasteiger partial charge in [0, 0.05) is 6.20 Å². The number of pyridine rings is 1. The third-order valence-corrected chi connectivity index (χ3v) is 4.71. The summed E-state index contributed by atoms with van der Waals surface area (Å²) in [6.45, 7) is 6.06. The fourth-order valence-corrected chi connectivity index (χ4v) is 2.55. The summed E-state index contributed by atoms with van der Waals surface area (Å²) in [5, 5.41) is 0. The molecule has 0 spiro atoms. The summed E-state index contributed by atoms with van der Waals surface area (Å²) in [5.41, 5.74) is 1.52. The van der Waals surface area contributed by atoms with E-state index in [4.69, 9.17) is 0 Å². The number of hydrogen-bond donors (Lipinski definition) is 1. The maximum Gasteiger partial charge on any atom is 0.154 e. The van der Waals surface area contributed by atoms with Gasteiger partial charge in [0.15, 0.2) is 5.82 Å². The van der Waals surface area contributed by atoms with Crippen molar-refractivity contribution in [1.29, 1.82) is 0 Å². The lowest BCUT2D eigenvalue weighted by Crippen LogP contribution is -2.33. The first-order chi connectivity index (χ1) is 8.79. The topological polar surface area (TPSA) is 46.4 Å². The summed E-state index contributed by atoms with van der Waals surface area (Å²) in [4.78, 5) is 4.21. The van der Waals surface area contributed by atoms with Crippen LogP contribution in [0.25, 0.3) is 5.52 Å². The minimum absolute atomic E-state index is 0.331. The number of nitrogens with one attached hydrogen (secondary N) is 1. The number of nitrogens with zero attached hydrogens (tertiary/aromatic N) is 2. The molecular weight excluding hydrogens is 333 g/mol. The zero-order chi connectivity index (χ0) is 14.2. The molecule has 4 nitrogen and oxygen atoms in total. The van der Waals surface area contributed by atoms with Crippen LogP contribution in [0.15, 0.2) is 23.1 Å². The molecule has 104 valence electrons. The Kier molecular flexibility index (Phi) is 4.08. The van der Waals surface area contributed by atoms with Gasteiger partial charge in [-0.3, -0.25) is 0 Å². The second-order valence-electron chi connectivity index (χ2n) is 5.16. The predicted molar refractivity (Wildman–Crippen MR) is 77.6 cm³/mol. The number of halogens is 2. The van der Waals surface area contributed by atoms with Crippen LogP contribution >= 0.6 is 15.9 Å². The lowest BCUT2D eigenvalue weighted by molar-refractivity contribution is 0.612. The smallest absolute Gasteiger partial charge is 0.154 e. The Morgan fingerprint density at radius 2 is 2.21 bits per heavy atom. The molecular formula is C12H15BrFN3OS. The molecule has 19 heavy (non-hydrogen) atoms. The number of hydrogen-bond acceptors (Lipinski definition) is 2. The molecule has 0 bridgehead atoms. The molecule has 0 fully saturated rings. The van der Waals surface area contributed by atoms with Crippen molar-refractivity contribution in [3.8, 4) is 0 Å². The minimum atomic E-state index is -1.16. The van der Waals surface area contributed by atoms with Crippen molar-refractivity contribution in [1.82, 2.24) is 14.1 Å². The quantitative estimate of drug-likeness (QED) is 0.927. The molecule has 0 radical (unpaired) electrons. The third-order valence-electron chi connectivity index (χ3n) is 2.58. The first kappa shape index (κ1) is 14.6. The molecule has 0 aliphatic heterocycles. The zero-order valence-electron chi connectivity index (χ0n) is 10.9. The molecule has 0 saturated heterocycles. The maximum absolute atomic E-state index is 13.4. The normalized spacial score (nSPS) is 13.9. The summed E-state index contributed by atoms with van der Waals surface area (Å²) in [6.07, 6.45) is 2.90. The Hall–Kier alpha value is -0.790. The van der Waals surface area contributed by atoms with Gasteiger partial charge >= 0.3 is 0 Å². The average molecular weight is 348 g/mol. The van der Waals surface area contributed by atoms with Crippen LogP contribution < -0.4 is 4.72 Å². The Morgan fingerprint density at radius 3 is 2.84 bits per heavy atom. The number of fused-ring (bicyclic) bond motifs is 1. The van der Waals surface area contributed by atoms with E-state index >= 15 is 0 Å². The molecule has 0 saturated carbocycles. The van der Waals surface area contributed by atoms with E-state index in [2.05, 4.69) is 25.6 Å². The van der Waals surface area contributed by atoms with Crippen LogP contribution in [0.5, 0.6) is 0 Å². The molecule has 0 amide bonds. The largest absolute Gasteiger partial charge is 0.303 e. The van der Waals surface area contributed by atoms with Gasteiger partial charge in [0.1, 0.15) is 0 Å². The Labute approximate surface area is 122 Å². The minimum Gasteiger partial charge on any atom is -0.303 e. The highest BCUT2D eigenvalue weighted by molar-refractivity contribution is 9.10. The SMILES string of the molecule is CC(C)(C)S(=O)NCc1ncn2cc(F)c(Br)cc12. The maximum atomic E-state index is 13.4. The first-order valence-electron chi connectivity index (χ1n) is 5.75. The predicted octanol–water partition coefficient (Wildman–Crippen LogP) is 2.79. The molecule has 1 atom stereocenters. The van der Waals surface area contributed by atoms with Crippen molar-refractivity contribution in [3.63, 3.8) is 0 Å². The van der Waals surface area contributed by atoms with E-state index in [0.717, 1.165) is 11.2 Å². The van der Waals surface area contributed by atoms with Crippen molar-refractivity contribution >= 4 is 32.4 Å². The molecule has 2 aromatic heterocycles. The van der Waals surface area contributed by atoms with Gasteiger partial charge in [0.25, 0.3) is 0 Å². The van der Waals surface area contributed by atoms with E-state index < -0.39 is 11.0 Å². The second-order valence-corrected chi connectivity index (χ2v) is 8.06. The lowest BCUT2D eigenvalue weighted by atomic mass is 10.3. The van der Waals surface area contributed by atoms with Crippen molar-refractivity contribution < 1.29 is 8.60 Å². The summed E-state index contributed by atoms with van der Waals surface area (Å²) in [6, 6.07) is 1.67. The van der Waals surface area contributed by atoms with Crippen molar-refractivity contribution in [2.75, 3.05) is 0 Å². The Morgan fingerprint density at radius 1 is 1.53 bits per heavy atom. The number of imidazole rings is 1. The first-order valence-corrected chi connectivity index (χ1v) is 7.69. The van der Waals surface area contributed by atoms with Crippen LogP contribution in [-0.4, -0.2) is 18.3 Å². The van der Waals surface area contributed by atoms with Crippen LogP contribution in [0, 0.1) is 5.82 Å². The zero-order valence-corrected chi connectivity index (χ0v) is 13.3. The summed E-state index contributed by atoms with van der Waals surface area (Å²) in [5.74, 6) is -0.345. The molecule has 1 N–H and O–H groups in total. The molecule has 0 aliphatic carbocycles. The second kappa shape index (κ2) is 5.30. The molecule has 7 heteroatoms. The highest BCUT2D eigenvalue weighted by atomic mass is 79.9. The van der Waals surface area contributed by atoms with E-state index in [1.165, 1.54) is 6.20 Å². The van der Waals surface area contributed by atoms with Crippen LogP contribution in [-0.2, 0) is 17.5 Å². The number of aromatic nitrogens is 2. The summed E-state index contributed by atoms with van der Waals surface area (Å²) in [7, 11) is -1.16. The van der Waals surface area contributed by atoms with Gasteiger partial charge in [-0.1, -0.05) is 0 Å². The van der Waals surface area contributed by atoms with Gasteiger partial charge in [-0.15, -0.1) is 0 Å². The van der Waals surface area contributed by atoms with E-state index in [0.29, 0.717) is 11.0 Å². The highest BCUT2D eigenvalue weighted by Crippen LogP contribution is 2.20. The molecule has 2 aromatic rings. The Bertz CT molecular complexity index is 636. The fraction of sp³-hybridized carbons (Fsp3) is 0.417. The van der Waals surface area contributed by atoms with Gasteiger partial charge in [-0.2, -0.15) is 0 Å². The molecule has 0 aliphatic rings. The van der Waals surface area contributed by atoms with Gasteiger partial charge < -0.3 is 4.40 Å². The van der Waals surface area contributed by atoms with Crippen LogP contribution in [0.3, 0.4) is 0 Å². The highest BCUT2D eigenvalue weighted by Gasteiger charge is 2.19. The lowest BCUT2D eigenvalue weighted by Gasteiger charge is -2.17. The average Bonchev–Trinajstić information content (AvgIpc) is 2.68. The van der Waals surface area contributed by atoms with Gasteiger partial charge in [0.2, 0.25) is 0 Å². The van der Waals surface area contributed by atoms with Crippen LogP contribution in [0.4, 0.5) is 4.39 Å². The van der Waals surface area contributed by atoms with Gasteiger partial charge in [-0.05, 0) is 42.8 Å². The monoisotopic (exact) mass is 347 g/mol. The standard InChI is InChI=1S/C12H15BrFN3OS/c1-12(2,3)19(18)16-5-10-11-4-8(13)9(14)6-17(11)7-15-10/h4,6-7,16H,5H2,1-3H3. The van der Waals surface area contributed by atoms with Crippen molar-refractivity contribution in [2.45, 2.75) is 32.1 Å². The van der Waals surface area contributed by atoms with Gasteiger partial charge in [0.05, 0.1) is 44.3 Å². The van der Waals surface area contributed by atoms with Crippen molar-refractivity contribution in [3.05, 3.63) is 34.6 Å². The van der Waals surface area contributed by atoms with Crippen LogP contribution in [0.2, 0.25) is 0 Å². The molecule has 0 aromatic carbocycles. The van der Waals surface area contributed by atoms with Crippen LogP contribution in [0.1, 0.15) is 26.5 Å². The molecule has 1 unspecified atom stereocenters. The van der Waals surface area contributed by atoms with Gasteiger partial charge in [-0.25, -0.2) is 18.3 Å². The fourth-order valence-electron chi connectivity index (χ4n) is 1.53.